The van der Waals surface area contributed by atoms with E-state index in [0.717, 1.165) is 27.3 Å². The maximum absolute atomic E-state index is 13.4. The van der Waals surface area contributed by atoms with Gasteiger partial charge in [-0.3, -0.25) is 4.99 Å². The summed E-state index contributed by atoms with van der Waals surface area (Å²) in [4.78, 5) is 5.32. The standard InChI is InChI=1S/C23H24FN3O2S/c1-5-13-25-23-27(26-20(6-2)16-7-9-17(24)10-8-16)21(15-30-23)19-12-11-18(28-3)14-22(19)29-4/h5,7-12,14-15H,1,6,13H2,2-4H3/b25-23?,26-20-. The van der Waals surface area contributed by atoms with Gasteiger partial charge in [-0.1, -0.05) is 25.1 Å². The fourth-order valence-corrected chi connectivity index (χ4v) is 3.77. The number of benzene rings is 2. The summed E-state index contributed by atoms with van der Waals surface area (Å²) in [5.41, 5.74) is 3.39. The summed E-state index contributed by atoms with van der Waals surface area (Å²) in [6.45, 7) is 6.24. The minimum Gasteiger partial charge on any atom is -0.497 e. The van der Waals surface area contributed by atoms with Crippen LogP contribution in [0.2, 0.25) is 0 Å². The van der Waals surface area contributed by atoms with Crippen molar-refractivity contribution >= 4 is 17.0 Å². The van der Waals surface area contributed by atoms with E-state index in [1.807, 2.05) is 30.5 Å². The second kappa shape index (κ2) is 10.0. The number of halogens is 1. The van der Waals surface area contributed by atoms with Crippen LogP contribution in [0.4, 0.5) is 4.39 Å². The molecule has 30 heavy (non-hydrogen) atoms. The largest absolute Gasteiger partial charge is 0.497 e. The Bertz CT molecular complexity index is 1110. The Hall–Kier alpha value is -3.19. The number of rotatable bonds is 8. The number of ether oxygens (including phenoxy) is 2. The quantitative estimate of drug-likeness (QED) is 0.371. The van der Waals surface area contributed by atoms with Crippen LogP contribution in [-0.2, 0) is 0 Å². The maximum Gasteiger partial charge on any atom is 0.206 e. The van der Waals surface area contributed by atoms with Gasteiger partial charge in [-0.15, -0.1) is 17.9 Å². The lowest BCUT2D eigenvalue weighted by Crippen LogP contribution is -2.15. The van der Waals surface area contributed by atoms with Crippen molar-refractivity contribution in [3.63, 3.8) is 0 Å². The highest BCUT2D eigenvalue weighted by atomic mass is 32.1. The molecule has 0 aliphatic rings. The van der Waals surface area contributed by atoms with Crippen LogP contribution < -0.4 is 14.3 Å². The summed E-state index contributed by atoms with van der Waals surface area (Å²) in [5.74, 6) is 1.10. The molecule has 7 heteroatoms. The molecule has 0 aliphatic carbocycles. The predicted octanol–water partition coefficient (Wildman–Crippen LogP) is 5.12. The normalized spacial score (nSPS) is 12.1. The number of hydrogen-bond donors (Lipinski definition) is 0. The molecule has 3 aromatic rings. The zero-order valence-corrected chi connectivity index (χ0v) is 18.1. The smallest absolute Gasteiger partial charge is 0.206 e. The molecule has 0 bridgehead atoms. The number of methoxy groups -OCH3 is 2. The first-order valence-corrected chi connectivity index (χ1v) is 10.4. The van der Waals surface area contributed by atoms with Gasteiger partial charge in [0.25, 0.3) is 0 Å². The van der Waals surface area contributed by atoms with Crippen LogP contribution in [0.5, 0.6) is 11.5 Å². The summed E-state index contributed by atoms with van der Waals surface area (Å²) < 4.78 is 26.1. The van der Waals surface area contributed by atoms with E-state index >= 15 is 0 Å². The molecular weight excluding hydrogens is 401 g/mol. The molecule has 0 atom stereocenters. The van der Waals surface area contributed by atoms with Gasteiger partial charge >= 0.3 is 0 Å². The van der Waals surface area contributed by atoms with Gasteiger partial charge in [0, 0.05) is 17.0 Å². The lowest BCUT2D eigenvalue weighted by Gasteiger charge is -2.12. The second-order valence-electron chi connectivity index (χ2n) is 6.32. The van der Waals surface area contributed by atoms with Crippen molar-refractivity contribution in [3.8, 4) is 22.8 Å². The lowest BCUT2D eigenvalue weighted by atomic mass is 10.1. The van der Waals surface area contributed by atoms with E-state index in [4.69, 9.17) is 14.6 Å². The number of nitrogens with zero attached hydrogens (tertiary/aromatic N) is 3. The number of aromatic nitrogens is 1. The molecule has 0 N–H and O–H groups in total. The minimum atomic E-state index is -0.275. The minimum absolute atomic E-state index is 0.275. The Kier molecular flexibility index (Phi) is 7.19. The summed E-state index contributed by atoms with van der Waals surface area (Å²) in [6, 6.07) is 12.0. The van der Waals surface area contributed by atoms with Crippen molar-refractivity contribution in [3.05, 3.63) is 76.7 Å². The van der Waals surface area contributed by atoms with E-state index in [9.17, 15) is 4.39 Å². The average molecular weight is 426 g/mol. The fourth-order valence-electron chi connectivity index (χ4n) is 2.94. The summed E-state index contributed by atoms with van der Waals surface area (Å²) in [6.07, 6.45) is 2.41. The molecule has 0 fully saturated rings. The first-order valence-electron chi connectivity index (χ1n) is 9.49. The molecule has 0 saturated heterocycles. The molecule has 0 radical (unpaired) electrons. The van der Waals surface area contributed by atoms with Crippen molar-refractivity contribution in [2.45, 2.75) is 13.3 Å². The van der Waals surface area contributed by atoms with Crippen molar-refractivity contribution < 1.29 is 13.9 Å². The molecule has 156 valence electrons. The van der Waals surface area contributed by atoms with Gasteiger partial charge in [0.05, 0.1) is 32.2 Å². The van der Waals surface area contributed by atoms with Crippen molar-refractivity contribution in [2.24, 2.45) is 10.1 Å². The van der Waals surface area contributed by atoms with E-state index < -0.39 is 0 Å². The van der Waals surface area contributed by atoms with Crippen molar-refractivity contribution in [1.29, 1.82) is 0 Å². The van der Waals surface area contributed by atoms with E-state index in [0.29, 0.717) is 24.5 Å². The Balaban J connectivity index is 2.21. The van der Waals surface area contributed by atoms with Gasteiger partial charge < -0.3 is 9.47 Å². The maximum atomic E-state index is 13.4. The monoisotopic (exact) mass is 425 g/mol. The number of thiazole rings is 1. The summed E-state index contributed by atoms with van der Waals surface area (Å²) in [5, 5.41) is 6.88. The lowest BCUT2D eigenvalue weighted by molar-refractivity contribution is 0.395. The van der Waals surface area contributed by atoms with Crippen LogP contribution >= 0.6 is 11.3 Å². The van der Waals surface area contributed by atoms with Crippen LogP contribution in [0.3, 0.4) is 0 Å². The van der Waals surface area contributed by atoms with Gasteiger partial charge in [-0.2, -0.15) is 5.10 Å². The highest BCUT2D eigenvalue weighted by Crippen LogP contribution is 2.33. The van der Waals surface area contributed by atoms with Gasteiger partial charge in [0.2, 0.25) is 4.80 Å². The SMILES string of the molecule is C=CCN=c1scc(-c2ccc(OC)cc2OC)n1/N=C(/CC)c1ccc(F)cc1. The third kappa shape index (κ3) is 4.68. The zero-order chi connectivity index (χ0) is 21.5. The third-order valence-electron chi connectivity index (χ3n) is 4.46. The Morgan fingerprint density at radius 2 is 1.93 bits per heavy atom. The number of hydrogen-bond acceptors (Lipinski definition) is 5. The first kappa shape index (κ1) is 21.5. The Morgan fingerprint density at radius 1 is 1.17 bits per heavy atom. The van der Waals surface area contributed by atoms with Crippen LogP contribution in [-0.4, -0.2) is 31.2 Å². The third-order valence-corrected chi connectivity index (χ3v) is 5.31. The van der Waals surface area contributed by atoms with Gasteiger partial charge in [0.1, 0.15) is 17.3 Å². The molecule has 0 aliphatic heterocycles. The summed E-state index contributed by atoms with van der Waals surface area (Å²) in [7, 11) is 3.24. The molecule has 0 spiro atoms. The van der Waals surface area contributed by atoms with Crippen molar-refractivity contribution in [2.75, 3.05) is 20.8 Å². The van der Waals surface area contributed by atoms with E-state index in [1.54, 1.807) is 37.1 Å². The molecular formula is C23H24FN3O2S. The van der Waals surface area contributed by atoms with Gasteiger partial charge in [0.15, 0.2) is 0 Å². The topological polar surface area (TPSA) is 48.1 Å². The molecule has 0 saturated carbocycles. The van der Waals surface area contributed by atoms with Crippen LogP contribution in [0.15, 0.2) is 70.6 Å². The molecule has 0 unspecified atom stereocenters. The highest BCUT2D eigenvalue weighted by Gasteiger charge is 2.15. The van der Waals surface area contributed by atoms with Crippen LogP contribution in [0.1, 0.15) is 18.9 Å². The molecule has 5 nitrogen and oxygen atoms in total. The average Bonchev–Trinajstić information content (AvgIpc) is 3.18. The second-order valence-corrected chi connectivity index (χ2v) is 7.15. The molecule has 3 rings (SSSR count). The molecule has 2 aromatic carbocycles. The van der Waals surface area contributed by atoms with E-state index in [1.165, 1.54) is 23.5 Å². The van der Waals surface area contributed by atoms with Gasteiger partial charge in [-0.05, 0) is 36.2 Å². The zero-order valence-electron chi connectivity index (χ0n) is 17.3. The fraction of sp³-hybridized carbons (Fsp3) is 0.217. The van der Waals surface area contributed by atoms with E-state index in [-0.39, 0.29) is 5.82 Å². The first-order chi connectivity index (χ1) is 14.6. The molecule has 1 aromatic heterocycles. The highest BCUT2D eigenvalue weighted by molar-refractivity contribution is 7.07. The predicted molar refractivity (Wildman–Crippen MR) is 120 cm³/mol. The van der Waals surface area contributed by atoms with Crippen LogP contribution in [0.25, 0.3) is 11.3 Å². The Labute approximate surface area is 179 Å². The van der Waals surface area contributed by atoms with E-state index in [2.05, 4.69) is 11.6 Å². The Morgan fingerprint density at radius 3 is 2.57 bits per heavy atom. The van der Waals surface area contributed by atoms with Crippen molar-refractivity contribution in [1.82, 2.24) is 4.68 Å². The molecule has 1 heterocycles. The van der Waals surface area contributed by atoms with Gasteiger partial charge in [-0.25, -0.2) is 9.07 Å². The van der Waals surface area contributed by atoms with Crippen LogP contribution in [0, 0.1) is 5.82 Å². The summed E-state index contributed by atoms with van der Waals surface area (Å²) >= 11 is 1.48. The molecule has 0 amide bonds.